The Hall–Kier alpha value is -1.46. The van der Waals surface area contributed by atoms with E-state index in [-0.39, 0.29) is 6.04 Å². The van der Waals surface area contributed by atoms with E-state index in [1.54, 1.807) is 19.5 Å². The van der Waals surface area contributed by atoms with Crippen LogP contribution in [-0.4, -0.2) is 17.1 Å². The summed E-state index contributed by atoms with van der Waals surface area (Å²) < 4.78 is 6.34. The largest absolute Gasteiger partial charge is 0.496 e. The second kappa shape index (κ2) is 6.12. The van der Waals surface area contributed by atoms with Crippen molar-refractivity contribution in [2.24, 2.45) is 5.73 Å². The van der Waals surface area contributed by atoms with Crippen LogP contribution in [0.4, 0.5) is 0 Å². The standard InChI is InChI=1S/C14H16BrN3O/c1-9-7-17-14(18-8-9)12(16)6-10-5-11(15)3-4-13(10)19-2/h3-5,7-8,12H,6,16H2,1-2H3. The van der Waals surface area contributed by atoms with Crippen molar-refractivity contribution in [1.29, 1.82) is 0 Å². The monoisotopic (exact) mass is 321 g/mol. The molecule has 1 aromatic heterocycles. The van der Waals surface area contributed by atoms with Crippen molar-refractivity contribution in [3.63, 3.8) is 0 Å². The third-order valence-corrected chi connectivity index (χ3v) is 3.31. The zero-order valence-electron chi connectivity index (χ0n) is 10.9. The van der Waals surface area contributed by atoms with Crippen LogP contribution < -0.4 is 10.5 Å². The Balaban J connectivity index is 2.20. The Kier molecular flexibility index (Phi) is 4.50. The average molecular weight is 322 g/mol. The van der Waals surface area contributed by atoms with E-state index in [4.69, 9.17) is 10.5 Å². The highest BCUT2D eigenvalue weighted by molar-refractivity contribution is 9.10. The van der Waals surface area contributed by atoms with Crippen LogP contribution in [0.1, 0.15) is 23.0 Å². The number of hydrogen-bond acceptors (Lipinski definition) is 4. The van der Waals surface area contributed by atoms with Crippen LogP contribution >= 0.6 is 15.9 Å². The van der Waals surface area contributed by atoms with Gasteiger partial charge in [-0.2, -0.15) is 0 Å². The Labute approximate surface area is 121 Å². The summed E-state index contributed by atoms with van der Waals surface area (Å²) in [7, 11) is 1.65. The zero-order chi connectivity index (χ0) is 13.8. The summed E-state index contributed by atoms with van der Waals surface area (Å²) in [5.74, 6) is 1.47. The molecule has 0 aliphatic carbocycles. The van der Waals surface area contributed by atoms with Gasteiger partial charge in [0.1, 0.15) is 11.6 Å². The molecule has 0 bridgehead atoms. The molecule has 0 spiro atoms. The number of ether oxygens (including phenoxy) is 1. The van der Waals surface area contributed by atoms with Gasteiger partial charge in [0.25, 0.3) is 0 Å². The topological polar surface area (TPSA) is 61.0 Å². The minimum absolute atomic E-state index is 0.246. The van der Waals surface area contributed by atoms with E-state index in [0.717, 1.165) is 21.3 Å². The second-order valence-electron chi connectivity index (χ2n) is 4.39. The van der Waals surface area contributed by atoms with Gasteiger partial charge in [0, 0.05) is 16.9 Å². The molecule has 0 saturated carbocycles. The van der Waals surface area contributed by atoms with Crippen molar-refractivity contribution in [3.8, 4) is 5.75 Å². The van der Waals surface area contributed by atoms with Gasteiger partial charge in [-0.05, 0) is 42.7 Å². The number of halogens is 1. The van der Waals surface area contributed by atoms with Gasteiger partial charge in [-0.15, -0.1) is 0 Å². The minimum atomic E-state index is -0.246. The molecule has 19 heavy (non-hydrogen) atoms. The minimum Gasteiger partial charge on any atom is -0.496 e. The van der Waals surface area contributed by atoms with Crippen LogP contribution in [-0.2, 0) is 6.42 Å². The molecule has 1 aromatic carbocycles. The maximum atomic E-state index is 6.15. The van der Waals surface area contributed by atoms with Crippen LogP contribution in [0.3, 0.4) is 0 Å². The molecule has 0 radical (unpaired) electrons. The molecule has 1 atom stereocenters. The van der Waals surface area contributed by atoms with Crippen LogP contribution in [0, 0.1) is 6.92 Å². The second-order valence-corrected chi connectivity index (χ2v) is 5.30. The lowest BCUT2D eigenvalue weighted by atomic mass is 10.0. The van der Waals surface area contributed by atoms with E-state index in [1.165, 1.54) is 0 Å². The van der Waals surface area contributed by atoms with Crippen molar-refractivity contribution < 1.29 is 4.74 Å². The highest BCUT2D eigenvalue weighted by Crippen LogP contribution is 2.26. The number of nitrogens with two attached hydrogens (primary N) is 1. The quantitative estimate of drug-likeness (QED) is 0.940. The summed E-state index contributed by atoms with van der Waals surface area (Å²) in [6.45, 7) is 1.95. The maximum absolute atomic E-state index is 6.15. The van der Waals surface area contributed by atoms with Gasteiger partial charge < -0.3 is 10.5 Å². The first kappa shape index (κ1) is 14.0. The van der Waals surface area contributed by atoms with Crippen molar-refractivity contribution in [1.82, 2.24) is 9.97 Å². The number of hydrogen-bond donors (Lipinski definition) is 1. The van der Waals surface area contributed by atoms with Gasteiger partial charge >= 0.3 is 0 Å². The van der Waals surface area contributed by atoms with Gasteiger partial charge in [-0.1, -0.05) is 15.9 Å². The predicted molar refractivity (Wildman–Crippen MR) is 78.1 cm³/mol. The highest BCUT2D eigenvalue weighted by atomic mass is 79.9. The number of nitrogens with zero attached hydrogens (tertiary/aromatic N) is 2. The van der Waals surface area contributed by atoms with Crippen molar-refractivity contribution in [2.75, 3.05) is 7.11 Å². The third kappa shape index (κ3) is 3.52. The van der Waals surface area contributed by atoms with Crippen LogP contribution in [0.5, 0.6) is 5.75 Å². The molecular weight excluding hydrogens is 306 g/mol. The van der Waals surface area contributed by atoms with Crippen LogP contribution in [0.15, 0.2) is 35.1 Å². The molecule has 0 saturated heterocycles. The Morgan fingerprint density at radius 1 is 1.32 bits per heavy atom. The molecule has 0 amide bonds. The lowest BCUT2D eigenvalue weighted by Crippen LogP contribution is -2.17. The number of aryl methyl sites for hydroxylation is 1. The fourth-order valence-electron chi connectivity index (χ4n) is 1.83. The Morgan fingerprint density at radius 2 is 2.00 bits per heavy atom. The van der Waals surface area contributed by atoms with Gasteiger partial charge in [0.15, 0.2) is 0 Å². The summed E-state index contributed by atoms with van der Waals surface area (Å²) in [4.78, 5) is 8.53. The number of benzene rings is 1. The van der Waals surface area contributed by atoms with Crippen molar-refractivity contribution >= 4 is 15.9 Å². The smallest absolute Gasteiger partial charge is 0.145 e. The molecular formula is C14H16BrN3O. The first-order valence-corrected chi connectivity index (χ1v) is 6.76. The van der Waals surface area contributed by atoms with Crippen molar-refractivity contribution in [2.45, 2.75) is 19.4 Å². The van der Waals surface area contributed by atoms with E-state index >= 15 is 0 Å². The molecule has 2 N–H and O–H groups in total. The number of methoxy groups -OCH3 is 1. The molecule has 0 aliphatic heterocycles. The summed E-state index contributed by atoms with van der Waals surface area (Å²) in [5, 5.41) is 0. The SMILES string of the molecule is COc1ccc(Br)cc1CC(N)c1ncc(C)cn1. The van der Waals surface area contributed by atoms with Gasteiger partial charge in [-0.3, -0.25) is 0 Å². The first-order valence-electron chi connectivity index (χ1n) is 5.96. The average Bonchev–Trinajstić information content (AvgIpc) is 2.39. The van der Waals surface area contributed by atoms with E-state index in [1.807, 2.05) is 25.1 Å². The Morgan fingerprint density at radius 3 is 2.63 bits per heavy atom. The molecule has 2 aromatic rings. The summed E-state index contributed by atoms with van der Waals surface area (Å²) >= 11 is 3.45. The van der Waals surface area contributed by atoms with E-state index in [0.29, 0.717) is 12.2 Å². The fraction of sp³-hybridized carbons (Fsp3) is 0.286. The summed E-state index contributed by atoms with van der Waals surface area (Å²) in [6, 6.07) is 5.62. The van der Waals surface area contributed by atoms with Crippen LogP contribution in [0.2, 0.25) is 0 Å². The molecule has 0 aliphatic rings. The van der Waals surface area contributed by atoms with Crippen LogP contribution in [0.25, 0.3) is 0 Å². The third-order valence-electron chi connectivity index (χ3n) is 2.81. The molecule has 100 valence electrons. The van der Waals surface area contributed by atoms with Gasteiger partial charge in [0.05, 0.1) is 13.2 Å². The Bertz CT molecular complexity index is 557. The summed E-state index contributed by atoms with van der Waals surface area (Å²) in [5.41, 5.74) is 8.21. The maximum Gasteiger partial charge on any atom is 0.145 e. The fourth-order valence-corrected chi connectivity index (χ4v) is 2.24. The molecule has 1 unspecified atom stereocenters. The van der Waals surface area contributed by atoms with Gasteiger partial charge in [0.2, 0.25) is 0 Å². The van der Waals surface area contributed by atoms with Gasteiger partial charge in [-0.25, -0.2) is 9.97 Å². The highest BCUT2D eigenvalue weighted by Gasteiger charge is 2.13. The van der Waals surface area contributed by atoms with Crippen molar-refractivity contribution in [3.05, 3.63) is 52.0 Å². The molecule has 2 rings (SSSR count). The summed E-state index contributed by atoms with van der Waals surface area (Å²) in [6.07, 6.45) is 4.19. The first-order chi connectivity index (χ1) is 9.10. The lowest BCUT2D eigenvalue weighted by Gasteiger charge is -2.13. The normalized spacial score (nSPS) is 12.2. The molecule has 0 fully saturated rings. The molecule has 1 heterocycles. The number of aromatic nitrogens is 2. The van der Waals surface area contributed by atoms with E-state index in [2.05, 4.69) is 25.9 Å². The number of rotatable bonds is 4. The zero-order valence-corrected chi connectivity index (χ0v) is 12.5. The predicted octanol–water partition coefficient (Wildman–Crippen LogP) is 2.80. The molecule has 5 heteroatoms. The van der Waals surface area contributed by atoms with E-state index < -0.39 is 0 Å². The lowest BCUT2D eigenvalue weighted by molar-refractivity contribution is 0.407. The van der Waals surface area contributed by atoms with E-state index in [9.17, 15) is 0 Å². The molecule has 4 nitrogen and oxygen atoms in total.